The molecular weight excluding hydrogens is 110 g/mol. The van der Waals surface area contributed by atoms with Gasteiger partial charge in [0.1, 0.15) is 0 Å². The minimum Gasteiger partial charge on any atom is -0.330 e. The lowest BCUT2D eigenvalue weighted by atomic mass is 10.2. The van der Waals surface area contributed by atoms with Crippen LogP contribution in [0.4, 0.5) is 0 Å². The molecule has 0 aromatic heterocycles. The van der Waals surface area contributed by atoms with Crippen LogP contribution >= 0.6 is 0 Å². The molecule has 0 bridgehead atoms. The molecule has 1 atom stereocenters. The van der Waals surface area contributed by atoms with E-state index in [0.717, 1.165) is 6.54 Å². The first kappa shape index (κ1) is 6.56. The molecule has 0 radical (unpaired) electrons. The van der Waals surface area contributed by atoms with Crippen LogP contribution in [0.2, 0.25) is 0 Å². The molecule has 0 heterocycles. The third-order valence-electron chi connectivity index (χ3n) is 1.90. The topological polar surface area (TPSA) is 26.0 Å². The number of rotatable bonds is 2. The number of hydrogen-bond donors (Lipinski definition) is 1. The Balaban J connectivity index is 2.56. The maximum absolute atomic E-state index is 5.45. The number of hydrogen-bond acceptors (Lipinski definition) is 1. The lowest BCUT2D eigenvalue weighted by Crippen LogP contribution is -1.99. The lowest BCUT2D eigenvalue weighted by Gasteiger charge is -1.86. The maximum atomic E-state index is 5.45. The molecule has 1 heteroatoms. The van der Waals surface area contributed by atoms with E-state index in [2.05, 4.69) is 13.5 Å². The molecule has 0 spiro atoms. The van der Waals surface area contributed by atoms with Gasteiger partial charge in [-0.25, -0.2) is 0 Å². The molecule has 1 rings (SSSR count). The van der Waals surface area contributed by atoms with Crippen molar-refractivity contribution >= 4 is 0 Å². The van der Waals surface area contributed by atoms with Gasteiger partial charge in [-0.2, -0.15) is 0 Å². The van der Waals surface area contributed by atoms with Crippen LogP contribution in [0.15, 0.2) is 23.8 Å². The summed E-state index contributed by atoms with van der Waals surface area (Å²) in [7, 11) is 0. The Hall–Kier alpha value is -0.560. The summed E-state index contributed by atoms with van der Waals surface area (Å²) >= 11 is 0. The molecule has 50 valence electrons. The van der Waals surface area contributed by atoms with Gasteiger partial charge in [0.15, 0.2) is 0 Å². The van der Waals surface area contributed by atoms with Gasteiger partial charge < -0.3 is 5.73 Å². The molecule has 0 aromatic rings. The summed E-state index contributed by atoms with van der Waals surface area (Å²) in [6.07, 6.45) is 3.11. The molecule has 1 fully saturated rings. The van der Waals surface area contributed by atoms with Gasteiger partial charge >= 0.3 is 0 Å². The van der Waals surface area contributed by atoms with E-state index in [1.54, 1.807) is 0 Å². The summed E-state index contributed by atoms with van der Waals surface area (Å²) in [5.41, 5.74) is 8.28. The van der Waals surface area contributed by atoms with Crippen LogP contribution in [0.5, 0.6) is 0 Å². The van der Waals surface area contributed by atoms with Gasteiger partial charge in [-0.1, -0.05) is 23.8 Å². The van der Waals surface area contributed by atoms with Crippen molar-refractivity contribution in [2.24, 2.45) is 11.7 Å². The zero-order valence-electron chi connectivity index (χ0n) is 5.85. The zero-order valence-corrected chi connectivity index (χ0v) is 5.85. The van der Waals surface area contributed by atoms with Crippen LogP contribution < -0.4 is 5.73 Å². The predicted octanol–water partition coefficient (Wildman–Crippen LogP) is 1.47. The molecule has 1 aliphatic carbocycles. The Morgan fingerprint density at radius 2 is 2.67 bits per heavy atom. The first-order valence-electron chi connectivity index (χ1n) is 3.31. The summed E-state index contributed by atoms with van der Waals surface area (Å²) in [5.74, 6) is 0.683. The average Bonchev–Trinajstić information content (AvgIpc) is 2.64. The predicted molar refractivity (Wildman–Crippen MR) is 40.1 cm³/mol. The third kappa shape index (κ3) is 1.22. The van der Waals surface area contributed by atoms with Crippen molar-refractivity contribution in [1.82, 2.24) is 0 Å². The van der Waals surface area contributed by atoms with E-state index in [1.807, 2.05) is 6.08 Å². The van der Waals surface area contributed by atoms with Crippen molar-refractivity contribution in [2.45, 2.75) is 13.3 Å². The monoisotopic (exact) mass is 123 g/mol. The average molecular weight is 123 g/mol. The van der Waals surface area contributed by atoms with Crippen molar-refractivity contribution in [2.75, 3.05) is 6.54 Å². The van der Waals surface area contributed by atoms with Crippen molar-refractivity contribution in [3.05, 3.63) is 23.8 Å². The van der Waals surface area contributed by atoms with Crippen LogP contribution in [0, 0.1) is 5.92 Å². The SMILES string of the molecule is C=C/C(C)=C1/CC1CN. The Labute approximate surface area is 56.2 Å². The fourth-order valence-corrected chi connectivity index (χ4v) is 1.05. The molecule has 2 N–H and O–H groups in total. The molecule has 1 saturated carbocycles. The van der Waals surface area contributed by atoms with E-state index in [0.29, 0.717) is 5.92 Å². The van der Waals surface area contributed by atoms with Crippen LogP contribution in [0.3, 0.4) is 0 Å². The van der Waals surface area contributed by atoms with Gasteiger partial charge in [-0.05, 0) is 25.8 Å². The second-order valence-corrected chi connectivity index (χ2v) is 2.55. The van der Waals surface area contributed by atoms with E-state index in [1.165, 1.54) is 17.6 Å². The second-order valence-electron chi connectivity index (χ2n) is 2.55. The molecule has 0 saturated heterocycles. The van der Waals surface area contributed by atoms with Crippen molar-refractivity contribution in [3.8, 4) is 0 Å². The Morgan fingerprint density at radius 3 is 3.00 bits per heavy atom. The van der Waals surface area contributed by atoms with Gasteiger partial charge in [0.25, 0.3) is 0 Å². The van der Waals surface area contributed by atoms with Crippen molar-refractivity contribution < 1.29 is 0 Å². The molecular formula is C8H13N. The van der Waals surface area contributed by atoms with Crippen LogP contribution in [0.25, 0.3) is 0 Å². The minimum absolute atomic E-state index is 0.683. The number of nitrogens with two attached hydrogens (primary N) is 1. The van der Waals surface area contributed by atoms with Crippen LogP contribution in [-0.2, 0) is 0 Å². The first-order chi connectivity index (χ1) is 4.29. The highest BCUT2D eigenvalue weighted by atomic mass is 14.6. The molecule has 1 unspecified atom stereocenters. The van der Waals surface area contributed by atoms with Crippen LogP contribution in [-0.4, -0.2) is 6.54 Å². The Kier molecular flexibility index (Phi) is 1.72. The highest BCUT2D eigenvalue weighted by Gasteiger charge is 2.28. The van der Waals surface area contributed by atoms with Gasteiger partial charge in [-0.3, -0.25) is 0 Å². The van der Waals surface area contributed by atoms with E-state index in [9.17, 15) is 0 Å². The largest absolute Gasteiger partial charge is 0.330 e. The lowest BCUT2D eigenvalue weighted by molar-refractivity contribution is 0.873. The van der Waals surface area contributed by atoms with E-state index in [-0.39, 0.29) is 0 Å². The zero-order chi connectivity index (χ0) is 6.85. The van der Waals surface area contributed by atoms with Gasteiger partial charge in [0.2, 0.25) is 0 Å². The van der Waals surface area contributed by atoms with E-state index >= 15 is 0 Å². The highest BCUT2D eigenvalue weighted by Crippen LogP contribution is 2.39. The highest BCUT2D eigenvalue weighted by molar-refractivity contribution is 5.34. The normalized spacial score (nSPS) is 29.8. The van der Waals surface area contributed by atoms with Crippen molar-refractivity contribution in [3.63, 3.8) is 0 Å². The summed E-state index contributed by atoms with van der Waals surface area (Å²) < 4.78 is 0. The third-order valence-corrected chi connectivity index (χ3v) is 1.90. The molecule has 0 aromatic carbocycles. The minimum atomic E-state index is 0.683. The fraction of sp³-hybridized carbons (Fsp3) is 0.500. The van der Waals surface area contributed by atoms with Gasteiger partial charge in [-0.15, -0.1) is 0 Å². The Bertz CT molecular complexity index is 156. The van der Waals surface area contributed by atoms with Gasteiger partial charge in [0.05, 0.1) is 0 Å². The van der Waals surface area contributed by atoms with Crippen molar-refractivity contribution in [1.29, 1.82) is 0 Å². The smallest absolute Gasteiger partial charge is 0.000818 e. The van der Waals surface area contributed by atoms with E-state index in [4.69, 9.17) is 5.73 Å². The molecule has 0 amide bonds. The molecule has 9 heavy (non-hydrogen) atoms. The summed E-state index contributed by atoms with van der Waals surface area (Å²) in [5, 5.41) is 0. The van der Waals surface area contributed by atoms with Crippen LogP contribution in [0.1, 0.15) is 13.3 Å². The second kappa shape index (κ2) is 2.36. The fourth-order valence-electron chi connectivity index (χ4n) is 1.05. The molecule has 0 aliphatic heterocycles. The Morgan fingerprint density at radius 1 is 2.00 bits per heavy atom. The first-order valence-corrected chi connectivity index (χ1v) is 3.31. The van der Waals surface area contributed by atoms with E-state index < -0.39 is 0 Å². The quantitative estimate of drug-likeness (QED) is 0.591. The molecule has 1 nitrogen and oxygen atoms in total. The van der Waals surface area contributed by atoms with Gasteiger partial charge in [0, 0.05) is 0 Å². The summed E-state index contributed by atoms with van der Waals surface area (Å²) in [6, 6.07) is 0. The summed E-state index contributed by atoms with van der Waals surface area (Å²) in [6.45, 7) is 6.59. The number of allylic oxidation sites excluding steroid dienone is 2. The standard InChI is InChI=1S/C8H13N/c1-3-6(2)8-4-7(8)5-9/h3,7H,1,4-5,9H2,2H3/b8-6-. The maximum Gasteiger partial charge on any atom is -0.000818 e. The summed E-state index contributed by atoms with van der Waals surface area (Å²) in [4.78, 5) is 0. The molecule has 1 aliphatic rings.